The molecule has 0 aliphatic heterocycles. The Kier molecular flexibility index (Phi) is 8.71. The van der Waals surface area contributed by atoms with Gasteiger partial charge in [0.05, 0.1) is 6.61 Å². The Morgan fingerprint density at radius 1 is 0.750 bits per heavy atom. The number of aryl methyl sites for hydroxylation is 1. The summed E-state index contributed by atoms with van der Waals surface area (Å²) in [6.07, 6.45) is 15.8. The fraction of sp³-hybridized carbons (Fsp3) is 0.613. The van der Waals surface area contributed by atoms with Crippen molar-refractivity contribution in [3.8, 4) is 5.75 Å². The molecule has 2 aromatic rings. The minimum Gasteiger partial charge on any atom is -0.494 e. The van der Waals surface area contributed by atoms with E-state index in [1.165, 1.54) is 81.8 Å². The maximum atomic E-state index is 5.57. The summed E-state index contributed by atoms with van der Waals surface area (Å²) >= 11 is 0. The van der Waals surface area contributed by atoms with Gasteiger partial charge in [-0.25, -0.2) is 0 Å². The molecule has 0 spiro atoms. The molecule has 2 fully saturated rings. The molecular weight excluding hydrogens is 388 g/mol. The fourth-order valence-electron chi connectivity index (χ4n) is 6.55. The molecule has 0 saturated heterocycles. The first-order valence-corrected chi connectivity index (χ1v) is 13.5. The summed E-state index contributed by atoms with van der Waals surface area (Å²) in [6, 6.07) is 19.9. The van der Waals surface area contributed by atoms with Gasteiger partial charge in [0.1, 0.15) is 5.75 Å². The summed E-state index contributed by atoms with van der Waals surface area (Å²) in [5.74, 6) is 5.65. The summed E-state index contributed by atoms with van der Waals surface area (Å²) in [4.78, 5) is 0. The van der Waals surface area contributed by atoms with Crippen molar-refractivity contribution in [1.82, 2.24) is 0 Å². The van der Waals surface area contributed by atoms with Crippen LogP contribution in [0.1, 0.15) is 95.1 Å². The topological polar surface area (TPSA) is 9.23 Å². The van der Waals surface area contributed by atoms with E-state index in [4.69, 9.17) is 4.74 Å². The SMILES string of the molecule is CCOc1ccc(CCC2CCC(C3CCC(C[C@@H](C)c4ccccc4)CC3)CC2)cc1. The second-order valence-electron chi connectivity index (χ2n) is 10.7. The minimum atomic E-state index is 0.712. The third kappa shape index (κ3) is 6.63. The highest BCUT2D eigenvalue weighted by atomic mass is 16.5. The molecule has 2 aromatic carbocycles. The van der Waals surface area contributed by atoms with Crippen molar-refractivity contribution in [2.45, 2.75) is 90.4 Å². The molecule has 0 heterocycles. The molecular formula is C31H44O. The van der Waals surface area contributed by atoms with Gasteiger partial charge in [0, 0.05) is 0 Å². The van der Waals surface area contributed by atoms with E-state index in [1.54, 1.807) is 0 Å². The van der Waals surface area contributed by atoms with Gasteiger partial charge in [0.15, 0.2) is 0 Å². The van der Waals surface area contributed by atoms with Gasteiger partial charge in [-0.05, 0) is 105 Å². The Labute approximate surface area is 197 Å². The van der Waals surface area contributed by atoms with Gasteiger partial charge < -0.3 is 4.74 Å². The lowest BCUT2D eigenvalue weighted by atomic mass is 9.67. The van der Waals surface area contributed by atoms with E-state index in [0.717, 1.165) is 36.0 Å². The van der Waals surface area contributed by atoms with Crippen LogP contribution in [0, 0.1) is 23.7 Å². The molecule has 2 aliphatic carbocycles. The average molecular weight is 433 g/mol. The van der Waals surface area contributed by atoms with E-state index in [1.807, 2.05) is 6.92 Å². The Balaban J connectivity index is 1.14. The van der Waals surface area contributed by atoms with Crippen molar-refractivity contribution in [2.24, 2.45) is 23.7 Å². The van der Waals surface area contributed by atoms with Crippen LogP contribution in [-0.2, 0) is 6.42 Å². The van der Waals surface area contributed by atoms with E-state index in [9.17, 15) is 0 Å². The molecule has 1 atom stereocenters. The van der Waals surface area contributed by atoms with Crippen LogP contribution in [-0.4, -0.2) is 6.61 Å². The summed E-state index contributed by atoms with van der Waals surface area (Å²) in [5.41, 5.74) is 3.00. The van der Waals surface area contributed by atoms with Gasteiger partial charge in [-0.15, -0.1) is 0 Å². The smallest absolute Gasteiger partial charge is 0.119 e. The lowest BCUT2D eigenvalue weighted by Gasteiger charge is -2.38. The van der Waals surface area contributed by atoms with Gasteiger partial charge >= 0.3 is 0 Å². The molecule has 4 rings (SSSR count). The third-order valence-corrected chi connectivity index (χ3v) is 8.58. The van der Waals surface area contributed by atoms with Crippen LogP contribution in [0.15, 0.2) is 54.6 Å². The number of hydrogen-bond donors (Lipinski definition) is 0. The van der Waals surface area contributed by atoms with Gasteiger partial charge in [0.25, 0.3) is 0 Å². The third-order valence-electron chi connectivity index (χ3n) is 8.58. The minimum absolute atomic E-state index is 0.712. The molecule has 0 bridgehead atoms. The first kappa shape index (κ1) is 23.4. The molecule has 0 radical (unpaired) electrons. The first-order chi connectivity index (χ1) is 15.7. The highest BCUT2D eigenvalue weighted by Crippen LogP contribution is 2.43. The summed E-state index contributed by atoms with van der Waals surface area (Å²) in [5, 5.41) is 0. The molecule has 0 amide bonds. The summed E-state index contributed by atoms with van der Waals surface area (Å²) in [7, 11) is 0. The van der Waals surface area contributed by atoms with E-state index >= 15 is 0 Å². The fourth-order valence-corrected chi connectivity index (χ4v) is 6.55. The Morgan fingerprint density at radius 2 is 1.34 bits per heavy atom. The van der Waals surface area contributed by atoms with Crippen molar-refractivity contribution in [3.63, 3.8) is 0 Å². The standard InChI is InChI=1S/C31H44O/c1-3-32-31-21-15-26(16-22-31)10-9-25-11-17-29(18-12-25)30-19-13-27(14-20-30)23-24(2)28-7-5-4-6-8-28/h4-8,15-16,21-22,24-25,27,29-30H,3,9-14,17-20,23H2,1-2H3/t24-,25?,27?,29?,30?/m1/s1. The summed E-state index contributed by atoms with van der Waals surface area (Å²) < 4.78 is 5.57. The van der Waals surface area contributed by atoms with Crippen LogP contribution in [0.2, 0.25) is 0 Å². The van der Waals surface area contributed by atoms with Crippen molar-refractivity contribution in [3.05, 3.63) is 65.7 Å². The molecule has 32 heavy (non-hydrogen) atoms. The second-order valence-corrected chi connectivity index (χ2v) is 10.7. The number of hydrogen-bond acceptors (Lipinski definition) is 1. The molecule has 2 saturated carbocycles. The van der Waals surface area contributed by atoms with E-state index in [-0.39, 0.29) is 0 Å². The summed E-state index contributed by atoms with van der Waals surface area (Å²) in [6.45, 7) is 5.22. The molecule has 1 nitrogen and oxygen atoms in total. The number of benzene rings is 2. The number of rotatable bonds is 9. The van der Waals surface area contributed by atoms with Crippen molar-refractivity contribution < 1.29 is 4.74 Å². The largest absolute Gasteiger partial charge is 0.494 e. The normalized spacial score (nSPS) is 27.1. The average Bonchev–Trinajstić information content (AvgIpc) is 2.85. The highest BCUT2D eigenvalue weighted by molar-refractivity contribution is 5.27. The van der Waals surface area contributed by atoms with Crippen LogP contribution in [0.4, 0.5) is 0 Å². The van der Waals surface area contributed by atoms with Crippen molar-refractivity contribution in [1.29, 1.82) is 0 Å². The van der Waals surface area contributed by atoms with Crippen LogP contribution in [0.3, 0.4) is 0 Å². The Hall–Kier alpha value is -1.76. The van der Waals surface area contributed by atoms with Gasteiger partial charge in [-0.2, -0.15) is 0 Å². The van der Waals surface area contributed by atoms with Crippen LogP contribution in [0.5, 0.6) is 5.75 Å². The monoisotopic (exact) mass is 432 g/mol. The first-order valence-electron chi connectivity index (χ1n) is 13.5. The van der Waals surface area contributed by atoms with E-state index in [0.29, 0.717) is 5.92 Å². The molecule has 1 heteroatoms. The van der Waals surface area contributed by atoms with Crippen LogP contribution in [0.25, 0.3) is 0 Å². The van der Waals surface area contributed by atoms with Gasteiger partial charge in [-0.3, -0.25) is 0 Å². The van der Waals surface area contributed by atoms with Gasteiger partial charge in [0.2, 0.25) is 0 Å². The lowest BCUT2D eigenvalue weighted by Crippen LogP contribution is -2.26. The highest BCUT2D eigenvalue weighted by Gasteiger charge is 2.31. The molecule has 0 N–H and O–H groups in total. The zero-order valence-electron chi connectivity index (χ0n) is 20.5. The van der Waals surface area contributed by atoms with Crippen molar-refractivity contribution >= 4 is 0 Å². The van der Waals surface area contributed by atoms with E-state index < -0.39 is 0 Å². The zero-order chi connectivity index (χ0) is 22.2. The zero-order valence-corrected chi connectivity index (χ0v) is 20.5. The molecule has 2 aliphatic rings. The lowest BCUT2D eigenvalue weighted by molar-refractivity contribution is 0.139. The molecule has 0 unspecified atom stereocenters. The van der Waals surface area contributed by atoms with Crippen molar-refractivity contribution in [2.75, 3.05) is 6.61 Å². The molecule has 174 valence electrons. The maximum Gasteiger partial charge on any atom is 0.119 e. The Morgan fingerprint density at radius 3 is 1.94 bits per heavy atom. The predicted molar refractivity (Wildman–Crippen MR) is 136 cm³/mol. The quantitative estimate of drug-likeness (QED) is 0.384. The van der Waals surface area contributed by atoms with Crippen LogP contribution >= 0.6 is 0 Å². The maximum absolute atomic E-state index is 5.57. The number of ether oxygens (including phenoxy) is 1. The molecule has 0 aromatic heterocycles. The van der Waals surface area contributed by atoms with Crippen LogP contribution < -0.4 is 4.74 Å². The Bertz CT molecular complexity index is 764. The van der Waals surface area contributed by atoms with E-state index in [2.05, 4.69) is 61.5 Å². The second kappa shape index (κ2) is 11.9. The predicted octanol–water partition coefficient (Wildman–Crippen LogP) is 8.82. The van der Waals surface area contributed by atoms with Gasteiger partial charge in [-0.1, -0.05) is 75.1 Å².